The number of alkyl halides is 1. The van der Waals surface area contributed by atoms with E-state index in [1.165, 1.54) is 19.4 Å². The van der Waals surface area contributed by atoms with Crippen molar-refractivity contribution >= 4 is 15.9 Å². The lowest BCUT2D eigenvalue weighted by Crippen LogP contribution is -2.21. The van der Waals surface area contributed by atoms with Crippen LogP contribution in [-0.4, -0.2) is 44.1 Å². The summed E-state index contributed by atoms with van der Waals surface area (Å²) in [6.45, 7) is 3.23. The largest absolute Gasteiger partial charge is 0.385 e. The molecule has 0 amide bonds. The highest BCUT2D eigenvalue weighted by Gasteiger charge is 1.96. The van der Waals surface area contributed by atoms with Gasteiger partial charge in [0.15, 0.2) is 0 Å². The molecule has 0 heterocycles. The molecule has 0 aliphatic rings. The van der Waals surface area contributed by atoms with E-state index in [0.29, 0.717) is 0 Å². The van der Waals surface area contributed by atoms with E-state index in [1.807, 2.05) is 0 Å². The first kappa shape index (κ1) is 12.4. The Kier molecular flexibility index (Phi) is 9.80. The smallest absolute Gasteiger partial charge is 0.0474 e. The number of hydrogen-bond donors (Lipinski definition) is 0. The van der Waals surface area contributed by atoms with Crippen molar-refractivity contribution in [3.05, 3.63) is 0 Å². The summed E-state index contributed by atoms with van der Waals surface area (Å²) >= 11 is 3.42. The van der Waals surface area contributed by atoms with Crippen molar-refractivity contribution in [2.45, 2.75) is 19.3 Å². The Morgan fingerprint density at radius 1 is 1.17 bits per heavy atom. The number of unbranched alkanes of at least 4 members (excludes halogenated alkanes) is 1. The van der Waals surface area contributed by atoms with Gasteiger partial charge in [-0.2, -0.15) is 0 Å². The zero-order valence-corrected chi connectivity index (χ0v) is 9.77. The number of rotatable bonds is 8. The molecule has 0 radical (unpaired) electrons. The third kappa shape index (κ3) is 8.50. The highest BCUT2D eigenvalue weighted by atomic mass is 79.9. The van der Waals surface area contributed by atoms with Gasteiger partial charge >= 0.3 is 0 Å². The van der Waals surface area contributed by atoms with Gasteiger partial charge in [0.2, 0.25) is 0 Å². The topological polar surface area (TPSA) is 12.5 Å². The lowest BCUT2D eigenvalue weighted by Gasteiger charge is -2.15. The maximum atomic E-state index is 4.98. The molecule has 74 valence electrons. The quantitative estimate of drug-likeness (QED) is 0.474. The third-order valence-corrected chi connectivity index (χ3v) is 2.37. The third-order valence-electron chi connectivity index (χ3n) is 1.81. The van der Waals surface area contributed by atoms with Crippen LogP contribution in [0.2, 0.25) is 0 Å². The van der Waals surface area contributed by atoms with Gasteiger partial charge in [0.05, 0.1) is 0 Å². The van der Waals surface area contributed by atoms with Crippen LogP contribution in [0.5, 0.6) is 0 Å². The summed E-state index contributed by atoms with van der Waals surface area (Å²) in [6.07, 6.45) is 3.70. The molecule has 0 spiro atoms. The highest BCUT2D eigenvalue weighted by Crippen LogP contribution is 1.96. The molecular formula is C9H20BrNO. The molecule has 0 fully saturated rings. The lowest BCUT2D eigenvalue weighted by atomic mass is 10.3. The van der Waals surface area contributed by atoms with Crippen molar-refractivity contribution in [3.63, 3.8) is 0 Å². The average molecular weight is 238 g/mol. The average Bonchev–Trinajstić information content (AvgIpc) is 2.06. The molecule has 0 atom stereocenters. The predicted octanol–water partition coefficient (Wildman–Crippen LogP) is 2.13. The predicted molar refractivity (Wildman–Crippen MR) is 57.0 cm³/mol. The summed E-state index contributed by atoms with van der Waals surface area (Å²) in [6, 6.07) is 0. The molecule has 0 saturated heterocycles. The van der Waals surface area contributed by atoms with E-state index in [-0.39, 0.29) is 0 Å². The van der Waals surface area contributed by atoms with Gasteiger partial charge in [0.1, 0.15) is 0 Å². The molecule has 0 aliphatic heterocycles. The molecule has 0 bridgehead atoms. The number of methoxy groups -OCH3 is 1. The fourth-order valence-electron chi connectivity index (χ4n) is 1.07. The fourth-order valence-corrected chi connectivity index (χ4v) is 1.46. The minimum Gasteiger partial charge on any atom is -0.385 e. The molecular weight excluding hydrogens is 218 g/mol. The Hall–Kier alpha value is 0.400. The molecule has 0 aromatic rings. The number of nitrogens with zero attached hydrogens (tertiary/aromatic N) is 1. The molecule has 0 unspecified atom stereocenters. The molecule has 12 heavy (non-hydrogen) atoms. The van der Waals surface area contributed by atoms with E-state index in [0.717, 1.165) is 24.9 Å². The van der Waals surface area contributed by atoms with Crippen LogP contribution < -0.4 is 0 Å². The Labute approximate surface area is 84.4 Å². The van der Waals surface area contributed by atoms with Gasteiger partial charge in [-0.05, 0) is 32.9 Å². The van der Waals surface area contributed by atoms with Gasteiger partial charge in [0, 0.05) is 25.6 Å². The van der Waals surface area contributed by atoms with E-state index in [1.54, 1.807) is 7.11 Å². The van der Waals surface area contributed by atoms with Crippen molar-refractivity contribution in [1.29, 1.82) is 0 Å². The van der Waals surface area contributed by atoms with Gasteiger partial charge in [-0.25, -0.2) is 0 Å². The first-order valence-electron chi connectivity index (χ1n) is 4.54. The number of ether oxygens (including phenoxy) is 1. The molecule has 0 saturated carbocycles. The van der Waals surface area contributed by atoms with Crippen LogP contribution >= 0.6 is 15.9 Å². The van der Waals surface area contributed by atoms with Gasteiger partial charge in [0.25, 0.3) is 0 Å². The minimum absolute atomic E-state index is 0.878. The second-order valence-corrected chi connectivity index (χ2v) is 3.84. The van der Waals surface area contributed by atoms with E-state index in [2.05, 4.69) is 27.9 Å². The van der Waals surface area contributed by atoms with Crippen LogP contribution in [-0.2, 0) is 4.74 Å². The van der Waals surface area contributed by atoms with Crippen LogP contribution in [0.4, 0.5) is 0 Å². The zero-order chi connectivity index (χ0) is 9.23. The monoisotopic (exact) mass is 237 g/mol. The van der Waals surface area contributed by atoms with Crippen molar-refractivity contribution in [2.24, 2.45) is 0 Å². The molecule has 0 aromatic carbocycles. The first-order chi connectivity index (χ1) is 5.81. The van der Waals surface area contributed by atoms with Gasteiger partial charge < -0.3 is 9.64 Å². The number of hydrogen-bond acceptors (Lipinski definition) is 2. The molecule has 0 N–H and O–H groups in total. The summed E-state index contributed by atoms with van der Waals surface area (Å²) in [5.41, 5.74) is 0. The fraction of sp³-hybridized carbons (Fsp3) is 1.00. The maximum Gasteiger partial charge on any atom is 0.0474 e. The zero-order valence-electron chi connectivity index (χ0n) is 8.18. The van der Waals surface area contributed by atoms with Crippen molar-refractivity contribution in [2.75, 3.05) is 39.2 Å². The van der Waals surface area contributed by atoms with Crippen LogP contribution in [0.3, 0.4) is 0 Å². The Balaban J connectivity index is 3.04. The second kappa shape index (κ2) is 9.49. The van der Waals surface area contributed by atoms with E-state index in [4.69, 9.17) is 4.74 Å². The summed E-state index contributed by atoms with van der Waals surface area (Å²) in [4.78, 5) is 2.36. The van der Waals surface area contributed by atoms with Crippen LogP contribution in [0, 0.1) is 0 Å². The Bertz CT molecular complexity index is 80.6. The van der Waals surface area contributed by atoms with E-state index < -0.39 is 0 Å². The normalized spacial score (nSPS) is 11.0. The van der Waals surface area contributed by atoms with Crippen molar-refractivity contribution in [3.8, 4) is 0 Å². The van der Waals surface area contributed by atoms with E-state index >= 15 is 0 Å². The van der Waals surface area contributed by atoms with Gasteiger partial charge in [-0.1, -0.05) is 15.9 Å². The maximum absolute atomic E-state index is 4.98. The summed E-state index contributed by atoms with van der Waals surface area (Å²) in [5.74, 6) is 0. The highest BCUT2D eigenvalue weighted by molar-refractivity contribution is 9.09. The van der Waals surface area contributed by atoms with Gasteiger partial charge in [-0.15, -0.1) is 0 Å². The van der Waals surface area contributed by atoms with Crippen LogP contribution in [0.25, 0.3) is 0 Å². The SMILES string of the molecule is COCCCN(C)CCCCBr. The van der Waals surface area contributed by atoms with Crippen LogP contribution in [0.15, 0.2) is 0 Å². The second-order valence-electron chi connectivity index (χ2n) is 3.05. The van der Waals surface area contributed by atoms with Crippen molar-refractivity contribution < 1.29 is 4.74 Å². The first-order valence-corrected chi connectivity index (χ1v) is 5.67. The molecule has 3 heteroatoms. The summed E-state index contributed by atoms with van der Waals surface area (Å²) in [7, 11) is 3.93. The van der Waals surface area contributed by atoms with Crippen LogP contribution in [0.1, 0.15) is 19.3 Å². The summed E-state index contributed by atoms with van der Waals surface area (Å²) in [5, 5.41) is 1.12. The molecule has 0 rings (SSSR count). The Morgan fingerprint density at radius 3 is 2.42 bits per heavy atom. The molecule has 2 nitrogen and oxygen atoms in total. The van der Waals surface area contributed by atoms with Gasteiger partial charge in [-0.3, -0.25) is 0 Å². The van der Waals surface area contributed by atoms with Crippen molar-refractivity contribution in [1.82, 2.24) is 4.90 Å². The summed E-state index contributed by atoms with van der Waals surface area (Å²) < 4.78 is 4.98. The Morgan fingerprint density at radius 2 is 1.83 bits per heavy atom. The lowest BCUT2D eigenvalue weighted by molar-refractivity contribution is 0.179. The van der Waals surface area contributed by atoms with E-state index in [9.17, 15) is 0 Å². The standard InChI is InChI=1S/C9H20BrNO/c1-11(7-4-3-6-10)8-5-9-12-2/h3-9H2,1-2H3. The number of halogens is 1. The molecule has 0 aliphatic carbocycles. The molecule has 0 aromatic heterocycles. The minimum atomic E-state index is 0.878.